The molecule has 0 aliphatic rings. The highest BCUT2D eigenvalue weighted by molar-refractivity contribution is 5.94. The zero-order chi connectivity index (χ0) is 18.2. The van der Waals surface area contributed by atoms with Crippen molar-refractivity contribution in [2.75, 3.05) is 20.8 Å². The van der Waals surface area contributed by atoms with E-state index in [1.165, 1.54) is 5.56 Å². The molecule has 0 aromatic heterocycles. The van der Waals surface area contributed by atoms with Gasteiger partial charge in [-0.2, -0.15) is 0 Å². The topological polar surface area (TPSA) is 47.6 Å². The number of amides is 1. The van der Waals surface area contributed by atoms with Crippen molar-refractivity contribution in [2.45, 2.75) is 26.2 Å². The lowest BCUT2D eigenvalue weighted by Crippen LogP contribution is -2.26. The van der Waals surface area contributed by atoms with Crippen molar-refractivity contribution in [1.29, 1.82) is 0 Å². The van der Waals surface area contributed by atoms with E-state index in [1.807, 2.05) is 12.1 Å². The van der Waals surface area contributed by atoms with Crippen LogP contribution in [0.15, 0.2) is 48.5 Å². The minimum atomic E-state index is -0.0557. The smallest absolute Gasteiger partial charge is 0.251 e. The summed E-state index contributed by atoms with van der Waals surface area (Å²) in [5, 5.41) is 3.01. The summed E-state index contributed by atoms with van der Waals surface area (Å²) in [4.78, 5) is 12.2. The Bertz CT molecular complexity index is 663. The monoisotopic (exact) mass is 341 g/mol. The first-order chi connectivity index (χ1) is 12.0. The molecule has 0 fully saturated rings. The summed E-state index contributed by atoms with van der Waals surface area (Å²) >= 11 is 0. The van der Waals surface area contributed by atoms with Crippen LogP contribution < -0.4 is 14.8 Å². The van der Waals surface area contributed by atoms with Crippen LogP contribution in [-0.4, -0.2) is 26.7 Å². The zero-order valence-electron chi connectivity index (χ0n) is 15.4. The van der Waals surface area contributed by atoms with Gasteiger partial charge in [0.2, 0.25) is 0 Å². The van der Waals surface area contributed by atoms with Crippen molar-refractivity contribution in [2.24, 2.45) is 5.92 Å². The molecule has 0 radical (unpaired) electrons. The standard InChI is InChI=1S/C21H27NO3/c1-15(2)20(16-5-9-18(24-3)10-6-16)13-14-22-21(23)17-7-11-19(25-4)12-8-17/h5-12,15,20H,13-14H2,1-4H3,(H,22,23)/t20-/m1/s1. The summed E-state index contributed by atoms with van der Waals surface area (Å²) in [6, 6.07) is 15.3. The Kier molecular flexibility index (Phi) is 6.87. The maximum absolute atomic E-state index is 12.2. The van der Waals surface area contributed by atoms with Gasteiger partial charge >= 0.3 is 0 Å². The number of benzene rings is 2. The van der Waals surface area contributed by atoms with E-state index in [9.17, 15) is 4.79 Å². The second-order valence-electron chi connectivity index (χ2n) is 6.40. The van der Waals surface area contributed by atoms with Gasteiger partial charge in [-0.05, 0) is 60.2 Å². The Morgan fingerprint density at radius 2 is 1.44 bits per heavy atom. The lowest BCUT2D eigenvalue weighted by atomic mass is 9.86. The Labute approximate surface area is 150 Å². The summed E-state index contributed by atoms with van der Waals surface area (Å²) in [6.45, 7) is 5.06. The normalized spacial score (nSPS) is 11.9. The van der Waals surface area contributed by atoms with Gasteiger partial charge in [0.05, 0.1) is 14.2 Å². The summed E-state index contributed by atoms with van der Waals surface area (Å²) in [6.07, 6.45) is 0.895. The van der Waals surface area contributed by atoms with Crippen molar-refractivity contribution in [1.82, 2.24) is 5.32 Å². The quantitative estimate of drug-likeness (QED) is 0.780. The van der Waals surface area contributed by atoms with Crippen LogP contribution in [0.1, 0.15) is 42.1 Å². The molecule has 2 aromatic rings. The molecule has 0 saturated carbocycles. The number of carbonyl (C=O) groups is 1. The van der Waals surface area contributed by atoms with E-state index in [-0.39, 0.29) is 5.91 Å². The Hall–Kier alpha value is -2.49. The van der Waals surface area contributed by atoms with Crippen molar-refractivity contribution in [3.8, 4) is 11.5 Å². The molecule has 0 spiro atoms. The number of hydrogen-bond donors (Lipinski definition) is 1. The van der Waals surface area contributed by atoms with Gasteiger partial charge in [0.1, 0.15) is 11.5 Å². The first kappa shape index (κ1) is 18.8. The van der Waals surface area contributed by atoms with Crippen LogP contribution in [0.2, 0.25) is 0 Å². The van der Waals surface area contributed by atoms with E-state index in [0.29, 0.717) is 23.9 Å². The molecule has 2 aromatic carbocycles. The van der Waals surface area contributed by atoms with Crippen LogP contribution in [0, 0.1) is 5.92 Å². The molecule has 0 heterocycles. The van der Waals surface area contributed by atoms with Gasteiger partial charge in [-0.25, -0.2) is 0 Å². The first-order valence-corrected chi connectivity index (χ1v) is 8.61. The van der Waals surface area contributed by atoms with Crippen molar-refractivity contribution in [3.05, 3.63) is 59.7 Å². The van der Waals surface area contributed by atoms with Crippen molar-refractivity contribution in [3.63, 3.8) is 0 Å². The van der Waals surface area contributed by atoms with E-state index in [1.54, 1.807) is 38.5 Å². The second-order valence-corrected chi connectivity index (χ2v) is 6.40. The van der Waals surface area contributed by atoms with E-state index in [2.05, 4.69) is 31.3 Å². The molecule has 25 heavy (non-hydrogen) atoms. The Balaban J connectivity index is 1.92. The summed E-state index contributed by atoms with van der Waals surface area (Å²) in [7, 11) is 3.28. The number of nitrogens with one attached hydrogen (secondary N) is 1. The Morgan fingerprint density at radius 3 is 1.92 bits per heavy atom. The molecule has 0 unspecified atom stereocenters. The molecule has 134 valence electrons. The first-order valence-electron chi connectivity index (χ1n) is 8.61. The largest absolute Gasteiger partial charge is 0.497 e. The molecule has 1 amide bonds. The molecule has 1 atom stereocenters. The maximum atomic E-state index is 12.2. The fourth-order valence-electron chi connectivity index (χ4n) is 2.92. The Morgan fingerprint density at radius 1 is 0.920 bits per heavy atom. The van der Waals surface area contributed by atoms with E-state index < -0.39 is 0 Å². The maximum Gasteiger partial charge on any atom is 0.251 e. The van der Waals surface area contributed by atoms with Gasteiger partial charge in [0.25, 0.3) is 5.91 Å². The third-order valence-electron chi connectivity index (χ3n) is 4.44. The predicted octanol–water partition coefficient (Wildman–Crippen LogP) is 4.26. The molecule has 0 bridgehead atoms. The highest BCUT2D eigenvalue weighted by atomic mass is 16.5. The number of carbonyl (C=O) groups excluding carboxylic acids is 1. The van der Waals surface area contributed by atoms with Gasteiger partial charge in [0.15, 0.2) is 0 Å². The van der Waals surface area contributed by atoms with Crippen molar-refractivity contribution < 1.29 is 14.3 Å². The molecular weight excluding hydrogens is 314 g/mol. The zero-order valence-corrected chi connectivity index (χ0v) is 15.4. The van der Waals surface area contributed by atoms with Crippen LogP contribution >= 0.6 is 0 Å². The third-order valence-corrected chi connectivity index (χ3v) is 4.44. The van der Waals surface area contributed by atoms with Gasteiger partial charge in [-0.1, -0.05) is 26.0 Å². The second kappa shape index (κ2) is 9.11. The van der Waals surface area contributed by atoms with E-state index >= 15 is 0 Å². The van der Waals surface area contributed by atoms with Crippen LogP contribution in [0.5, 0.6) is 11.5 Å². The molecule has 4 nitrogen and oxygen atoms in total. The van der Waals surface area contributed by atoms with Crippen LogP contribution in [0.4, 0.5) is 0 Å². The number of rotatable bonds is 8. The van der Waals surface area contributed by atoms with E-state index in [4.69, 9.17) is 9.47 Å². The third kappa shape index (κ3) is 5.24. The molecule has 0 aliphatic carbocycles. The number of methoxy groups -OCH3 is 2. The number of hydrogen-bond acceptors (Lipinski definition) is 3. The fraction of sp³-hybridized carbons (Fsp3) is 0.381. The summed E-state index contributed by atoms with van der Waals surface area (Å²) in [5.74, 6) is 2.43. The highest BCUT2D eigenvalue weighted by Crippen LogP contribution is 2.28. The lowest BCUT2D eigenvalue weighted by Gasteiger charge is -2.22. The van der Waals surface area contributed by atoms with Gasteiger partial charge < -0.3 is 14.8 Å². The minimum Gasteiger partial charge on any atom is -0.497 e. The average molecular weight is 341 g/mol. The van der Waals surface area contributed by atoms with Gasteiger partial charge in [-0.15, -0.1) is 0 Å². The predicted molar refractivity (Wildman–Crippen MR) is 101 cm³/mol. The fourth-order valence-corrected chi connectivity index (χ4v) is 2.92. The van der Waals surface area contributed by atoms with Crippen LogP contribution in [0.25, 0.3) is 0 Å². The van der Waals surface area contributed by atoms with Gasteiger partial charge in [0, 0.05) is 12.1 Å². The number of ether oxygens (including phenoxy) is 2. The van der Waals surface area contributed by atoms with Crippen LogP contribution in [-0.2, 0) is 0 Å². The minimum absolute atomic E-state index is 0.0557. The summed E-state index contributed by atoms with van der Waals surface area (Å²) < 4.78 is 10.3. The van der Waals surface area contributed by atoms with Crippen molar-refractivity contribution >= 4 is 5.91 Å². The van der Waals surface area contributed by atoms with Crippen LogP contribution in [0.3, 0.4) is 0 Å². The lowest BCUT2D eigenvalue weighted by molar-refractivity contribution is 0.0951. The van der Waals surface area contributed by atoms with E-state index in [0.717, 1.165) is 17.9 Å². The molecule has 2 rings (SSSR count). The molecule has 0 aliphatic heterocycles. The molecule has 0 saturated heterocycles. The average Bonchev–Trinajstić information content (AvgIpc) is 2.65. The highest BCUT2D eigenvalue weighted by Gasteiger charge is 2.16. The summed E-state index contributed by atoms with van der Waals surface area (Å²) in [5.41, 5.74) is 1.92. The molecule has 1 N–H and O–H groups in total. The van der Waals surface area contributed by atoms with Gasteiger partial charge in [-0.3, -0.25) is 4.79 Å². The molecular formula is C21H27NO3. The molecule has 4 heteroatoms. The SMILES string of the molecule is COc1ccc(C(=O)NCC[C@@H](c2ccc(OC)cc2)C(C)C)cc1.